The first kappa shape index (κ1) is 19.5. The van der Waals surface area contributed by atoms with E-state index in [1.165, 1.54) is 38.5 Å². The first-order valence-electron chi connectivity index (χ1n) is 11.0. The zero-order valence-corrected chi connectivity index (χ0v) is 16.9. The van der Waals surface area contributed by atoms with Crippen LogP contribution >= 0.6 is 0 Å². The van der Waals surface area contributed by atoms with Crippen LogP contribution in [-0.4, -0.2) is 74.4 Å². The van der Waals surface area contributed by atoms with Crippen molar-refractivity contribution in [3.8, 4) is 0 Å². The van der Waals surface area contributed by atoms with Gasteiger partial charge >= 0.3 is 6.03 Å². The summed E-state index contributed by atoms with van der Waals surface area (Å²) in [5.41, 5.74) is 2.00. The number of anilines is 2. The molecule has 3 fully saturated rings. The summed E-state index contributed by atoms with van der Waals surface area (Å²) in [4.78, 5) is 19.8. The molecule has 1 N–H and O–H groups in total. The molecule has 2 saturated heterocycles. The number of nitrogens with one attached hydrogen (secondary N) is 1. The maximum Gasteiger partial charge on any atom is 0.321 e. The van der Waals surface area contributed by atoms with Crippen LogP contribution in [0.25, 0.3) is 0 Å². The Morgan fingerprint density at radius 2 is 1.57 bits per heavy atom. The minimum Gasteiger partial charge on any atom is -0.378 e. The molecule has 6 heteroatoms. The molecule has 2 amide bonds. The highest BCUT2D eigenvalue weighted by Gasteiger charge is 2.27. The van der Waals surface area contributed by atoms with Crippen molar-refractivity contribution in [2.24, 2.45) is 0 Å². The molecule has 1 aliphatic carbocycles. The van der Waals surface area contributed by atoms with Crippen molar-refractivity contribution in [2.45, 2.75) is 44.6 Å². The fourth-order valence-corrected chi connectivity index (χ4v) is 4.77. The average molecular weight is 387 g/mol. The predicted octanol–water partition coefficient (Wildman–Crippen LogP) is 3.40. The monoisotopic (exact) mass is 386 g/mol. The molecule has 0 radical (unpaired) electrons. The molecule has 2 aliphatic heterocycles. The molecule has 0 spiro atoms. The summed E-state index contributed by atoms with van der Waals surface area (Å²) in [6.07, 6.45) is 8.18. The Hall–Kier alpha value is -1.79. The van der Waals surface area contributed by atoms with Gasteiger partial charge in [-0.25, -0.2) is 4.79 Å². The van der Waals surface area contributed by atoms with Gasteiger partial charge in [0.05, 0.1) is 24.6 Å². The van der Waals surface area contributed by atoms with Crippen molar-refractivity contribution in [1.29, 1.82) is 0 Å². The van der Waals surface area contributed by atoms with E-state index in [9.17, 15) is 4.79 Å². The smallest absolute Gasteiger partial charge is 0.321 e. The van der Waals surface area contributed by atoms with Gasteiger partial charge in [0.2, 0.25) is 0 Å². The van der Waals surface area contributed by atoms with Gasteiger partial charge in [0, 0.05) is 45.3 Å². The topological polar surface area (TPSA) is 48.1 Å². The summed E-state index contributed by atoms with van der Waals surface area (Å²) in [5.74, 6) is 0. The van der Waals surface area contributed by atoms with E-state index >= 15 is 0 Å². The molecule has 0 aromatic heterocycles. The van der Waals surface area contributed by atoms with Crippen LogP contribution in [0, 0.1) is 0 Å². The number of hydrogen-bond donors (Lipinski definition) is 1. The number of para-hydroxylation sites is 2. The molecule has 0 atom stereocenters. The molecule has 1 aromatic carbocycles. The van der Waals surface area contributed by atoms with Crippen molar-refractivity contribution < 1.29 is 9.53 Å². The quantitative estimate of drug-likeness (QED) is 0.809. The third-order valence-corrected chi connectivity index (χ3v) is 6.44. The van der Waals surface area contributed by atoms with Crippen LogP contribution in [0.3, 0.4) is 0 Å². The van der Waals surface area contributed by atoms with E-state index in [-0.39, 0.29) is 6.03 Å². The minimum atomic E-state index is 0.0289. The van der Waals surface area contributed by atoms with Crippen LogP contribution in [0.1, 0.15) is 38.5 Å². The normalized spacial score (nSPS) is 22.7. The standard InChI is InChI=1S/C22H34N4O2/c27-22(23-20-9-5-6-10-21(20)25-15-17-28-18-16-25)26-13-11-24(12-14-26)19-7-3-1-2-4-8-19/h5-6,9-10,19H,1-4,7-8,11-18H2,(H,23,27). The lowest BCUT2D eigenvalue weighted by Crippen LogP contribution is -2.52. The van der Waals surface area contributed by atoms with Gasteiger partial charge in [-0.15, -0.1) is 0 Å². The number of urea groups is 1. The fraction of sp³-hybridized carbons (Fsp3) is 0.682. The van der Waals surface area contributed by atoms with Gasteiger partial charge in [-0.2, -0.15) is 0 Å². The van der Waals surface area contributed by atoms with E-state index < -0.39 is 0 Å². The summed E-state index contributed by atoms with van der Waals surface area (Å²) in [6, 6.07) is 8.88. The molecule has 6 nitrogen and oxygen atoms in total. The van der Waals surface area contributed by atoms with Crippen molar-refractivity contribution in [1.82, 2.24) is 9.80 Å². The van der Waals surface area contributed by atoms with E-state index in [2.05, 4.69) is 21.2 Å². The summed E-state index contributed by atoms with van der Waals surface area (Å²) >= 11 is 0. The lowest BCUT2D eigenvalue weighted by atomic mass is 10.1. The summed E-state index contributed by atoms with van der Waals surface area (Å²) in [7, 11) is 0. The van der Waals surface area contributed by atoms with Crippen molar-refractivity contribution in [3.05, 3.63) is 24.3 Å². The fourth-order valence-electron chi connectivity index (χ4n) is 4.77. The molecule has 1 aromatic rings. The zero-order valence-electron chi connectivity index (χ0n) is 16.9. The molecule has 1 saturated carbocycles. The van der Waals surface area contributed by atoms with Crippen molar-refractivity contribution in [3.63, 3.8) is 0 Å². The Labute approximate surface area is 168 Å². The second-order valence-electron chi connectivity index (χ2n) is 8.22. The third kappa shape index (κ3) is 4.78. The second kappa shape index (κ2) is 9.61. The maximum atomic E-state index is 12.9. The van der Waals surface area contributed by atoms with Gasteiger partial charge in [0.1, 0.15) is 0 Å². The average Bonchev–Trinajstić information content (AvgIpc) is 3.04. The Morgan fingerprint density at radius 1 is 0.893 bits per heavy atom. The molecule has 0 bridgehead atoms. The number of benzene rings is 1. The number of nitrogens with zero attached hydrogens (tertiary/aromatic N) is 3. The number of hydrogen-bond acceptors (Lipinski definition) is 4. The molecule has 3 aliphatic rings. The third-order valence-electron chi connectivity index (χ3n) is 6.44. The number of carbonyl (C=O) groups is 1. The van der Waals surface area contributed by atoms with Crippen LogP contribution < -0.4 is 10.2 Å². The number of carbonyl (C=O) groups excluding carboxylic acids is 1. The maximum absolute atomic E-state index is 12.9. The second-order valence-corrected chi connectivity index (χ2v) is 8.22. The zero-order chi connectivity index (χ0) is 19.2. The highest BCUT2D eigenvalue weighted by atomic mass is 16.5. The number of ether oxygens (including phenoxy) is 1. The van der Waals surface area contributed by atoms with Crippen molar-refractivity contribution >= 4 is 17.4 Å². The van der Waals surface area contributed by atoms with Gasteiger partial charge in [0.25, 0.3) is 0 Å². The molecule has 2 heterocycles. The van der Waals surface area contributed by atoms with Crippen LogP contribution in [0.5, 0.6) is 0 Å². The van der Waals surface area contributed by atoms with Crippen LogP contribution in [0.4, 0.5) is 16.2 Å². The number of piperazine rings is 1. The Bertz CT molecular complexity index is 631. The SMILES string of the molecule is O=C(Nc1ccccc1N1CCOCC1)N1CCN(C2CCCCCC2)CC1. The molecule has 154 valence electrons. The van der Waals surface area contributed by atoms with Crippen LogP contribution in [-0.2, 0) is 4.74 Å². The van der Waals surface area contributed by atoms with E-state index in [1.54, 1.807) is 0 Å². The number of rotatable bonds is 3. The summed E-state index contributed by atoms with van der Waals surface area (Å²) in [6.45, 7) is 6.87. The largest absolute Gasteiger partial charge is 0.378 e. The highest BCUT2D eigenvalue weighted by molar-refractivity contribution is 5.93. The first-order valence-corrected chi connectivity index (χ1v) is 11.0. The van der Waals surface area contributed by atoms with Gasteiger partial charge in [-0.1, -0.05) is 37.8 Å². The molecular formula is C22H34N4O2. The highest BCUT2D eigenvalue weighted by Crippen LogP contribution is 2.27. The van der Waals surface area contributed by atoms with Gasteiger partial charge < -0.3 is 19.9 Å². The Morgan fingerprint density at radius 3 is 2.29 bits per heavy atom. The summed E-state index contributed by atoms with van der Waals surface area (Å²) < 4.78 is 5.46. The lowest BCUT2D eigenvalue weighted by Gasteiger charge is -2.39. The molecule has 0 unspecified atom stereocenters. The molecule has 28 heavy (non-hydrogen) atoms. The Balaban J connectivity index is 1.32. The lowest BCUT2D eigenvalue weighted by molar-refractivity contribution is 0.105. The van der Waals surface area contributed by atoms with Crippen LogP contribution in [0.2, 0.25) is 0 Å². The molecular weight excluding hydrogens is 352 g/mol. The van der Waals surface area contributed by atoms with E-state index in [0.717, 1.165) is 69.9 Å². The first-order chi connectivity index (χ1) is 13.8. The van der Waals surface area contributed by atoms with Crippen LogP contribution in [0.15, 0.2) is 24.3 Å². The number of amides is 2. The Kier molecular flexibility index (Phi) is 6.70. The minimum absolute atomic E-state index is 0.0289. The predicted molar refractivity (Wildman–Crippen MR) is 113 cm³/mol. The van der Waals surface area contributed by atoms with E-state index in [4.69, 9.17) is 4.74 Å². The van der Waals surface area contributed by atoms with Gasteiger partial charge in [-0.3, -0.25) is 4.90 Å². The van der Waals surface area contributed by atoms with E-state index in [1.807, 2.05) is 23.1 Å². The van der Waals surface area contributed by atoms with E-state index in [0.29, 0.717) is 0 Å². The number of morpholine rings is 1. The van der Waals surface area contributed by atoms with Gasteiger partial charge in [-0.05, 0) is 25.0 Å². The molecule has 4 rings (SSSR count). The van der Waals surface area contributed by atoms with Gasteiger partial charge in [0.15, 0.2) is 0 Å². The van der Waals surface area contributed by atoms with Crippen molar-refractivity contribution in [2.75, 3.05) is 62.7 Å². The summed E-state index contributed by atoms with van der Waals surface area (Å²) in [5, 5.41) is 3.17.